The maximum absolute atomic E-state index is 10.6. The SMILES string of the molecule is CN(C(=O)O)C(=O)CCCl.Cl. The predicted molar refractivity (Wildman–Crippen MR) is 43.4 cm³/mol. The molecule has 0 unspecified atom stereocenters. The molecule has 0 aliphatic heterocycles. The van der Waals surface area contributed by atoms with Gasteiger partial charge in [0.15, 0.2) is 0 Å². The highest BCUT2D eigenvalue weighted by Gasteiger charge is 2.13. The summed E-state index contributed by atoms with van der Waals surface area (Å²) in [5.41, 5.74) is 0. The van der Waals surface area contributed by atoms with Crippen molar-refractivity contribution in [3.63, 3.8) is 0 Å². The van der Waals surface area contributed by atoms with Crippen molar-refractivity contribution < 1.29 is 14.7 Å². The normalized spacial score (nSPS) is 8.18. The van der Waals surface area contributed by atoms with Gasteiger partial charge in [0, 0.05) is 19.3 Å². The van der Waals surface area contributed by atoms with Gasteiger partial charge in [-0.25, -0.2) is 4.79 Å². The van der Waals surface area contributed by atoms with E-state index in [0.29, 0.717) is 4.90 Å². The molecule has 2 amide bonds. The van der Waals surface area contributed by atoms with Gasteiger partial charge in [-0.1, -0.05) is 0 Å². The molecular weight excluding hydrogens is 193 g/mol. The zero-order chi connectivity index (χ0) is 8.15. The second kappa shape index (κ2) is 6.24. The van der Waals surface area contributed by atoms with E-state index in [0.717, 1.165) is 0 Å². The van der Waals surface area contributed by atoms with Crippen LogP contribution in [-0.2, 0) is 4.79 Å². The van der Waals surface area contributed by atoms with Crippen LogP contribution in [-0.4, -0.2) is 34.9 Å². The minimum absolute atomic E-state index is 0. The highest BCUT2D eigenvalue weighted by atomic mass is 35.5. The maximum Gasteiger partial charge on any atom is 0.413 e. The summed E-state index contributed by atoms with van der Waals surface area (Å²) in [6.45, 7) is 0. The Labute approximate surface area is 75.5 Å². The molecule has 0 aromatic carbocycles. The van der Waals surface area contributed by atoms with E-state index in [1.165, 1.54) is 7.05 Å². The summed E-state index contributed by atoms with van der Waals surface area (Å²) >= 11 is 5.20. The van der Waals surface area contributed by atoms with Crippen molar-refractivity contribution in [2.45, 2.75) is 6.42 Å². The van der Waals surface area contributed by atoms with Crippen molar-refractivity contribution >= 4 is 36.0 Å². The number of carboxylic acid groups (broad SMARTS) is 1. The molecule has 0 saturated heterocycles. The van der Waals surface area contributed by atoms with Gasteiger partial charge in [0.05, 0.1) is 0 Å². The van der Waals surface area contributed by atoms with Crippen LogP contribution < -0.4 is 0 Å². The first kappa shape index (κ1) is 13.1. The van der Waals surface area contributed by atoms with Gasteiger partial charge in [0.1, 0.15) is 0 Å². The molecule has 0 radical (unpaired) electrons. The molecule has 0 heterocycles. The quantitative estimate of drug-likeness (QED) is 0.683. The van der Waals surface area contributed by atoms with E-state index in [2.05, 4.69) is 0 Å². The first-order valence-corrected chi connectivity index (χ1v) is 3.18. The molecule has 66 valence electrons. The number of amides is 2. The molecule has 1 N–H and O–H groups in total. The number of hydrogen-bond donors (Lipinski definition) is 1. The molecule has 0 aromatic rings. The predicted octanol–water partition coefficient (Wildman–Crippen LogP) is 1.17. The first-order valence-electron chi connectivity index (χ1n) is 2.65. The number of alkyl halides is 1. The summed E-state index contributed by atoms with van der Waals surface area (Å²) in [6, 6.07) is 0. The molecule has 0 atom stereocenters. The molecule has 0 aromatic heterocycles. The number of hydrogen-bond acceptors (Lipinski definition) is 2. The van der Waals surface area contributed by atoms with Crippen molar-refractivity contribution in [1.82, 2.24) is 4.90 Å². The number of imide groups is 1. The Bertz CT molecular complexity index is 151. The van der Waals surface area contributed by atoms with E-state index in [1.54, 1.807) is 0 Å². The number of carbonyl (C=O) groups excluding carboxylic acids is 1. The summed E-state index contributed by atoms with van der Waals surface area (Å²) < 4.78 is 0. The molecule has 0 fully saturated rings. The Balaban J connectivity index is 0. The lowest BCUT2D eigenvalue weighted by Crippen LogP contribution is -2.31. The average molecular weight is 202 g/mol. The summed E-state index contributed by atoms with van der Waals surface area (Å²) in [5, 5.41) is 8.24. The van der Waals surface area contributed by atoms with Crippen LogP contribution in [0.2, 0.25) is 0 Å². The third-order valence-electron chi connectivity index (χ3n) is 0.969. The van der Waals surface area contributed by atoms with Crippen molar-refractivity contribution in [3.8, 4) is 0 Å². The molecule has 6 heteroatoms. The molecule has 0 bridgehead atoms. The lowest BCUT2D eigenvalue weighted by atomic mass is 10.4. The molecule has 0 aliphatic carbocycles. The van der Waals surface area contributed by atoms with Gasteiger partial charge < -0.3 is 5.11 Å². The molecule has 0 saturated carbocycles. The van der Waals surface area contributed by atoms with Crippen LogP contribution in [0.4, 0.5) is 4.79 Å². The van der Waals surface area contributed by atoms with E-state index in [1.807, 2.05) is 0 Å². The fourth-order valence-corrected chi connectivity index (χ4v) is 0.517. The van der Waals surface area contributed by atoms with Gasteiger partial charge >= 0.3 is 6.09 Å². The van der Waals surface area contributed by atoms with Crippen LogP contribution in [0.5, 0.6) is 0 Å². The largest absolute Gasteiger partial charge is 0.465 e. The Hall–Kier alpha value is -0.480. The van der Waals surface area contributed by atoms with Crippen molar-refractivity contribution in [2.24, 2.45) is 0 Å². The van der Waals surface area contributed by atoms with Crippen LogP contribution >= 0.6 is 24.0 Å². The van der Waals surface area contributed by atoms with Gasteiger partial charge in [-0.15, -0.1) is 24.0 Å². The first-order chi connectivity index (χ1) is 4.59. The van der Waals surface area contributed by atoms with E-state index in [9.17, 15) is 9.59 Å². The van der Waals surface area contributed by atoms with E-state index in [-0.39, 0.29) is 24.7 Å². The van der Waals surface area contributed by atoms with Gasteiger partial charge in [-0.2, -0.15) is 0 Å². The van der Waals surface area contributed by atoms with Gasteiger partial charge in [-0.05, 0) is 0 Å². The fraction of sp³-hybridized carbons (Fsp3) is 0.600. The number of halogens is 2. The molecule has 0 rings (SSSR count). The molecular formula is C5H9Cl2NO3. The van der Waals surface area contributed by atoms with Crippen molar-refractivity contribution in [2.75, 3.05) is 12.9 Å². The third kappa shape index (κ3) is 4.86. The van der Waals surface area contributed by atoms with Gasteiger partial charge in [-0.3, -0.25) is 9.69 Å². The molecule has 11 heavy (non-hydrogen) atoms. The Morgan fingerprint density at radius 1 is 1.55 bits per heavy atom. The van der Waals surface area contributed by atoms with Crippen LogP contribution in [0.25, 0.3) is 0 Å². The Morgan fingerprint density at radius 2 is 2.00 bits per heavy atom. The molecule has 0 aliphatic rings. The second-order valence-corrected chi connectivity index (χ2v) is 2.05. The number of nitrogens with zero attached hydrogens (tertiary/aromatic N) is 1. The van der Waals surface area contributed by atoms with Crippen molar-refractivity contribution in [3.05, 3.63) is 0 Å². The monoisotopic (exact) mass is 201 g/mol. The van der Waals surface area contributed by atoms with Crippen LogP contribution in [0.3, 0.4) is 0 Å². The van der Waals surface area contributed by atoms with E-state index < -0.39 is 12.0 Å². The lowest BCUT2D eigenvalue weighted by Gasteiger charge is -2.08. The summed E-state index contributed by atoms with van der Waals surface area (Å²) in [7, 11) is 1.19. The Morgan fingerprint density at radius 3 is 2.27 bits per heavy atom. The zero-order valence-corrected chi connectivity index (χ0v) is 7.48. The second-order valence-electron chi connectivity index (χ2n) is 1.67. The highest BCUT2D eigenvalue weighted by Crippen LogP contribution is 1.92. The van der Waals surface area contributed by atoms with Crippen molar-refractivity contribution in [1.29, 1.82) is 0 Å². The van der Waals surface area contributed by atoms with Gasteiger partial charge in [0.25, 0.3) is 0 Å². The summed E-state index contributed by atoms with van der Waals surface area (Å²) in [5.74, 6) is -0.335. The molecule has 4 nitrogen and oxygen atoms in total. The van der Waals surface area contributed by atoms with Crippen LogP contribution in [0.15, 0.2) is 0 Å². The van der Waals surface area contributed by atoms with E-state index >= 15 is 0 Å². The fourth-order valence-electron chi connectivity index (χ4n) is 0.355. The van der Waals surface area contributed by atoms with E-state index in [4.69, 9.17) is 16.7 Å². The maximum atomic E-state index is 10.6. The van der Waals surface area contributed by atoms with Gasteiger partial charge in [0.2, 0.25) is 5.91 Å². The smallest absolute Gasteiger partial charge is 0.413 e. The third-order valence-corrected chi connectivity index (χ3v) is 1.16. The standard InChI is InChI=1S/C5H8ClNO3.ClH/c1-7(5(9)10)4(8)2-3-6;/h2-3H2,1H3,(H,9,10);1H. The average Bonchev–Trinajstić information content (AvgIpc) is 1.87. The van der Waals surface area contributed by atoms with Crippen LogP contribution in [0.1, 0.15) is 6.42 Å². The number of carbonyl (C=O) groups is 2. The van der Waals surface area contributed by atoms with Crippen LogP contribution in [0, 0.1) is 0 Å². The molecule has 0 spiro atoms. The highest BCUT2D eigenvalue weighted by molar-refractivity contribution is 6.19. The summed E-state index contributed by atoms with van der Waals surface area (Å²) in [4.78, 5) is 21.3. The zero-order valence-electron chi connectivity index (χ0n) is 5.91. The summed E-state index contributed by atoms with van der Waals surface area (Å²) in [6.07, 6.45) is -1.19. The Kier molecular flexibility index (Phi) is 7.46. The minimum Gasteiger partial charge on any atom is -0.465 e. The lowest BCUT2D eigenvalue weighted by molar-refractivity contribution is -0.127. The number of rotatable bonds is 2. The minimum atomic E-state index is -1.25. The topological polar surface area (TPSA) is 57.6 Å².